The van der Waals surface area contributed by atoms with Gasteiger partial charge in [0.15, 0.2) is 5.78 Å². The second-order valence-electron chi connectivity index (χ2n) is 4.34. The standard InChI is InChI=1S/C12H17N3O/c13-12-10(2-1-5-15-12)6-11(16)8-14-7-9-3-4-9/h1-2,5,9,14H,3-4,6-8H2,(H2,13,15). The number of hydrogen-bond acceptors (Lipinski definition) is 4. The molecule has 3 N–H and O–H groups in total. The predicted molar refractivity (Wildman–Crippen MR) is 63.0 cm³/mol. The van der Waals surface area contributed by atoms with E-state index in [0.29, 0.717) is 18.8 Å². The van der Waals surface area contributed by atoms with E-state index < -0.39 is 0 Å². The van der Waals surface area contributed by atoms with Crippen molar-refractivity contribution < 1.29 is 4.79 Å². The molecule has 4 nitrogen and oxygen atoms in total. The SMILES string of the molecule is Nc1ncccc1CC(=O)CNCC1CC1. The summed E-state index contributed by atoms with van der Waals surface area (Å²) in [5.74, 6) is 1.43. The lowest BCUT2D eigenvalue weighted by Gasteiger charge is -2.04. The molecule has 0 bridgehead atoms. The van der Waals surface area contributed by atoms with Crippen LogP contribution in [0.1, 0.15) is 18.4 Å². The summed E-state index contributed by atoms with van der Waals surface area (Å²) in [5.41, 5.74) is 6.49. The van der Waals surface area contributed by atoms with Crippen LogP contribution >= 0.6 is 0 Å². The molecule has 4 heteroatoms. The highest BCUT2D eigenvalue weighted by Crippen LogP contribution is 2.27. The highest BCUT2D eigenvalue weighted by Gasteiger charge is 2.20. The number of carbonyl (C=O) groups excluding carboxylic acids is 1. The molecule has 1 aromatic rings. The van der Waals surface area contributed by atoms with E-state index in [-0.39, 0.29) is 5.78 Å². The van der Waals surface area contributed by atoms with Gasteiger partial charge in [-0.3, -0.25) is 4.79 Å². The second-order valence-corrected chi connectivity index (χ2v) is 4.34. The van der Waals surface area contributed by atoms with Gasteiger partial charge in [-0.2, -0.15) is 0 Å². The van der Waals surface area contributed by atoms with Crippen LogP contribution in [0.25, 0.3) is 0 Å². The van der Waals surface area contributed by atoms with Crippen molar-refractivity contribution in [2.75, 3.05) is 18.8 Å². The number of Topliss-reactive ketones (excluding diaryl/α,β-unsaturated/α-hetero) is 1. The normalized spacial score (nSPS) is 15.0. The number of nitrogens with one attached hydrogen (secondary N) is 1. The smallest absolute Gasteiger partial charge is 0.151 e. The fourth-order valence-electron chi connectivity index (χ4n) is 1.61. The van der Waals surface area contributed by atoms with Crippen LogP contribution in [0.5, 0.6) is 0 Å². The average molecular weight is 219 g/mol. The first kappa shape index (κ1) is 11.1. The molecule has 0 amide bonds. The maximum absolute atomic E-state index is 11.6. The highest BCUT2D eigenvalue weighted by molar-refractivity contribution is 5.83. The number of nitrogen functional groups attached to an aromatic ring is 1. The maximum atomic E-state index is 11.6. The molecule has 0 spiro atoms. The fourth-order valence-corrected chi connectivity index (χ4v) is 1.61. The lowest BCUT2D eigenvalue weighted by atomic mass is 10.1. The first-order valence-corrected chi connectivity index (χ1v) is 5.67. The number of nitrogens with two attached hydrogens (primary N) is 1. The minimum atomic E-state index is 0.167. The number of ketones is 1. The van der Waals surface area contributed by atoms with Gasteiger partial charge in [0, 0.05) is 18.2 Å². The van der Waals surface area contributed by atoms with Crippen LogP contribution in [0.3, 0.4) is 0 Å². The Morgan fingerprint density at radius 1 is 1.56 bits per heavy atom. The Kier molecular flexibility index (Phi) is 3.51. The molecule has 0 aliphatic heterocycles. The molecule has 1 fully saturated rings. The molecule has 1 aromatic heterocycles. The van der Waals surface area contributed by atoms with E-state index in [9.17, 15) is 4.79 Å². The molecule has 0 saturated heterocycles. The maximum Gasteiger partial charge on any atom is 0.151 e. The van der Waals surface area contributed by atoms with Gasteiger partial charge in [-0.25, -0.2) is 4.98 Å². The zero-order valence-electron chi connectivity index (χ0n) is 9.28. The van der Waals surface area contributed by atoms with Crippen molar-refractivity contribution in [3.05, 3.63) is 23.9 Å². The number of carbonyl (C=O) groups is 1. The Bertz CT molecular complexity index is 374. The van der Waals surface area contributed by atoms with E-state index >= 15 is 0 Å². The number of rotatable bonds is 6. The summed E-state index contributed by atoms with van der Waals surface area (Å²) in [7, 11) is 0. The first-order valence-electron chi connectivity index (χ1n) is 5.67. The largest absolute Gasteiger partial charge is 0.383 e. The van der Waals surface area contributed by atoms with Crippen molar-refractivity contribution in [3.63, 3.8) is 0 Å². The molecular weight excluding hydrogens is 202 g/mol. The highest BCUT2D eigenvalue weighted by atomic mass is 16.1. The molecule has 0 unspecified atom stereocenters. The van der Waals surface area contributed by atoms with Gasteiger partial charge in [0.1, 0.15) is 5.82 Å². The van der Waals surface area contributed by atoms with Gasteiger partial charge in [0.25, 0.3) is 0 Å². The van der Waals surface area contributed by atoms with Gasteiger partial charge >= 0.3 is 0 Å². The fraction of sp³-hybridized carbons (Fsp3) is 0.500. The monoisotopic (exact) mass is 219 g/mol. The first-order chi connectivity index (χ1) is 7.75. The third-order valence-electron chi connectivity index (χ3n) is 2.77. The van der Waals surface area contributed by atoms with Gasteiger partial charge in [0.2, 0.25) is 0 Å². The van der Waals surface area contributed by atoms with E-state index in [1.807, 2.05) is 6.07 Å². The van der Waals surface area contributed by atoms with Crippen molar-refractivity contribution in [1.29, 1.82) is 0 Å². The topological polar surface area (TPSA) is 68.0 Å². The van der Waals surface area contributed by atoms with Crippen molar-refractivity contribution >= 4 is 11.6 Å². The van der Waals surface area contributed by atoms with Crippen molar-refractivity contribution in [1.82, 2.24) is 10.3 Å². The van der Waals surface area contributed by atoms with Gasteiger partial charge in [-0.1, -0.05) is 6.07 Å². The van der Waals surface area contributed by atoms with Crippen LogP contribution in [0.2, 0.25) is 0 Å². The summed E-state index contributed by atoms with van der Waals surface area (Å²) in [6.07, 6.45) is 4.61. The van der Waals surface area contributed by atoms with Crippen LogP contribution in [-0.2, 0) is 11.2 Å². The Morgan fingerprint density at radius 2 is 2.38 bits per heavy atom. The summed E-state index contributed by atoms with van der Waals surface area (Å²) in [5, 5.41) is 3.18. The lowest BCUT2D eigenvalue weighted by molar-refractivity contribution is -0.117. The second kappa shape index (κ2) is 5.07. The van der Waals surface area contributed by atoms with E-state index in [1.54, 1.807) is 12.3 Å². The van der Waals surface area contributed by atoms with Gasteiger partial charge in [-0.05, 0) is 31.4 Å². The van der Waals surface area contributed by atoms with Crippen LogP contribution in [0.4, 0.5) is 5.82 Å². The molecule has 16 heavy (non-hydrogen) atoms. The van der Waals surface area contributed by atoms with E-state index in [0.717, 1.165) is 18.0 Å². The number of hydrogen-bond donors (Lipinski definition) is 2. The summed E-state index contributed by atoms with van der Waals surface area (Å²) in [6.45, 7) is 1.40. The zero-order chi connectivity index (χ0) is 11.4. The lowest BCUT2D eigenvalue weighted by Crippen LogP contribution is -2.26. The molecule has 1 aliphatic carbocycles. The number of nitrogens with zero attached hydrogens (tertiary/aromatic N) is 1. The van der Waals surface area contributed by atoms with E-state index in [2.05, 4.69) is 10.3 Å². The molecule has 1 aliphatic rings. The molecule has 1 heterocycles. The summed E-state index contributed by atoms with van der Waals surface area (Å²) < 4.78 is 0. The molecule has 0 radical (unpaired) electrons. The van der Waals surface area contributed by atoms with Crippen LogP contribution in [0.15, 0.2) is 18.3 Å². The number of aromatic nitrogens is 1. The third kappa shape index (κ3) is 3.31. The van der Waals surface area contributed by atoms with E-state index in [1.165, 1.54) is 12.8 Å². The predicted octanol–water partition coefficient (Wildman–Crippen LogP) is 0.775. The minimum Gasteiger partial charge on any atom is -0.383 e. The molecule has 0 atom stereocenters. The van der Waals surface area contributed by atoms with Crippen LogP contribution in [0, 0.1) is 5.92 Å². The van der Waals surface area contributed by atoms with Gasteiger partial charge in [0.05, 0.1) is 6.54 Å². The number of anilines is 1. The minimum absolute atomic E-state index is 0.167. The zero-order valence-corrected chi connectivity index (χ0v) is 9.28. The Balaban J connectivity index is 1.75. The summed E-state index contributed by atoms with van der Waals surface area (Å²) >= 11 is 0. The van der Waals surface area contributed by atoms with Crippen molar-refractivity contribution in [2.24, 2.45) is 5.92 Å². The molecular formula is C12H17N3O. The van der Waals surface area contributed by atoms with Crippen LogP contribution in [-0.4, -0.2) is 23.9 Å². The Morgan fingerprint density at radius 3 is 3.06 bits per heavy atom. The third-order valence-corrected chi connectivity index (χ3v) is 2.77. The van der Waals surface area contributed by atoms with E-state index in [4.69, 9.17) is 5.73 Å². The summed E-state index contributed by atoms with van der Waals surface area (Å²) in [6, 6.07) is 3.65. The summed E-state index contributed by atoms with van der Waals surface area (Å²) in [4.78, 5) is 15.6. The average Bonchev–Trinajstić information content (AvgIpc) is 3.05. The van der Waals surface area contributed by atoms with Gasteiger partial charge in [-0.15, -0.1) is 0 Å². The quantitative estimate of drug-likeness (QED) is 0.741. The Hall–Kier alpha value is -1.42. The number of pyridine rings is 1. The molecule has 86 valence electrons. The van der Waals surface area contributed by atoms with Crippen molar-refractivity contribution in [3.8, 4) is 0 Å². The van der Waals surface area contributed by atoms with Crippen molar-refractivity contribution in [2.45, 2.75) is 19.3 Å². The molecule has 2 rings (SSSR count). The Labute approximate surface area is 95.3 Å². The molecule has 1 saturated carbocycles. The van der Waals surface area contributed by atoms with Crippen LogP contribution < -0.4 is 11.1 Å². The molecule has 0 aromatic carbocycles. The van der Waals surface area contributed by atoms with Gasteiger partial charge < -0.3 is 11.1 Å².